The fourth-order valence-corrected chi connectivity index (χ4v) is 3.97. The molecule has 7 heteroatoms. The molecule has 142 valence electrons. The first-order valence-electron chi connectivity index (χ1n) is 9.44. The van der Waals surface area contributed by atoms with Crippen LogP contribution in [0.15, 0.2) is 53.5 Å². The van der Waals surface area contributed by atoms with E-state index in [4.69, 9.17) is 21.3 Å². The fraction of sp³-hybridized carbons (Fsp3) is 0.286. The van der Waals surface area contributed by atoms with Crippen LogP contribution in [0.25, 0.3) is 5.69 Å². The Hall–Kier alpha value is -2.70. The molecule has 0 amide bonds. The van der Waals surface area contributed by atoms with Crippen molar-refractivity contribution < 1.29 is 4.74 Å². The van der Waals surface area contributed by atoms with Gasteiger partial charge in [-0.15, -0.1) is 10.2 Å². The van der Waals surface area contributed by atoms with Gasteiger partial charge in [-0.1, -0.05) is 41.9 Å². The van der Waals surface area contributed by atoms with Crippen molar-refractivity contribution in [3.63, 3.8) is 0 Å². The van der Waals surface area contributed by atoms with Gasteiger partial charge in [-0.05, 0) is 25.1 Å². The van der Waals surface area contributed by atoms with Crippen LogP contribution >= 0.6 is 11.6 Å². The second kappa shape index (κ2) is 7.04. The van der Waals surface area contributed by atoms with E-state index in [9.17, 15) is 0 Å². The molecule has 0 radical (unpaired) electrons. The van der Waals surface area contributed by atoms with Crippen molar-refractivity contribution in [3.8, 4) is 5.69 Å². The lowest BCUT2D eigenvalue weighted by atomic mass is 10.0. The number of ether oxygens (including phenoxy) is 1. The first-order chi connectivity index (χ1) is 13.7. The van der Waals surface area contributed by atoms with Gasteiger partial charge in [0.1, 0.15) is 6.04 Å². The lowest BCUT2D eigenvalue weighted by Crippen LogP contribution is -2.38. The minimum Gasteiger partial charge on any atom is -0.378 e. The fourth-order valence-electron chi connectivity index (χ4n) is 3.80. The van der Waals surface area contributed by atoms with Crippen molar-refractivity contribution in [2.24, 2.45) is 4.99 Å². The van der Waals surface area contributed by atoms with Gasteiger partial charge in [0.2, 0.25) is 5.95 Å². The first-order valence-corrected chi connectivity index (χ1v) is 9.81. The Bertz CT molecular complexity index is 1040. The van der Waals surface area contributed by atoms with Crippen LogP contribution in [0.1, 0.15) is 29.9 Å². The normalized spacial score (nSPS) is 18.9. The van der Waals surface area contributed by atoms with Crippen molar-refractivity contribution in [2.75, 3.05) is 31.2 Å². The minimum atomic E-state index is -0.135. The molecule has 3 aromatic rings. The predicted molar refractivity (Wildman–Crippen MR) is 110 cm³/mol. The van der Waals surface area contributed by atoms with Crippen LogP contribution in [0, 0.1) is 0 Å². The zero-order chi connectivity index (χ0) is 19.1. The molecule has 3 heterocycles. The maximum Gasteiger partial charge on any atom is 0.232 e. The summed E-state index contributed by atoms with van der Waals surface area (Å²) in [6.45, 7) is 5.03. The summed E-state index contributed by atoms with van der Waals surface area (Å²) in [6.07, 6.45) is 0. The third kappa shape index (κ3) is 2.89. The highest BCUT2D eigenvalue weighted by atomic mass is 35.5. The van der Waals surface area contributed by atoms with E-state index in [1.54, 1.807) is 0 Å². The first kappa shape index (κ1) is 17.4. The molecule has 2 aromatic carbocycles. The third-order valence-electron chi connectivity index (χ3n) is 5.16. The Kier molecular flexibility index (Phi) is 4.37. The molecule has 0 spiro atoms. The number of hydrogen-bond donors (Lipinski definition) is 0. The quantitative estimate of drug-likeness (QED) is 0.666. The highest BCUT2D eigenvalue weighted by molar-refractivity contribution is 6.31. The highest BCUT2D eigenvalue weighted by Crippen LogP contribution is 2.34. The van der Waals surface area contributed by atoms with E-state index < -0.39 is 0 Å². The molecule has 0 bridgehead atoms. The van der Waals surface area contributed by atoms with Gasteiger partial charge in [0.05, 0.1) is 24.6 Å². The van der Waals surface area contributed by atoms with Crippen molar-refractivity contribution in [1.82, 2.24) is 14.8 Å². The van der Waals surface area contributed by atoms with Gasteiger partial charge in [0, 0.05) is 29.2 Å². The Morgan fingerprint density at radius 1 is 1.04 bits per heavy atom. The Labute approximate surface area is 168 Å². The van der Waals surface area contributed by atoms with Crippen molar-refractivity contribution in [3.05, 3.63) is 70.5 Å². The predicted octanol–water partition coefficient (Wildman–Crippen LogP) is 3.67. The van der Waals surface area contributed by atoms with Crippen LogP contribution in [-0.4, -0.2) is 46.8 Å². The second-order valence-corrected chi connectivity index (χ2v) is 7.41. The van der Waals surface area contributed by atoms with Crippen LogP contribution < -0.4 is 4.90 Å². The van der Waals surface area contributed by atoms with Crippen molar-refractivity contribution in [1.29, 1.82) is 0 Å². The molecular weight excluding hydrogens is 374 g/mol. The van der Waals surface area contributed by atoms with Crippen LogP contribution in [0.5, 0.6) is 0 Å². The molecular formula is C21H20ClN5O. The SMILES string of the molecule is CC1N=C(c2ccccc2)c2cc(Cl)ccc2-n2c1nnc2N1CCOCC1. The van der Waals surface area contributed by atoms with Gasteiger partial charge in [0.15, 0.2) is 5.82 Å². The van der Waals surface area contributed by atoms with E-state index in [1.165, 1.54) is 0 Å². The van der Waals surface area contributed by atoms with E-state index in [0.29, 0.717) is 18.2 Å². The van der Waals surface area contributed by atoms with Crippen LogP contribution in [0.2, 0.25) is 5.02 Å². The van der Waals surface area contributed by atoms with Crippen LogP contribution in [-0.2, 0) is 4.74 Å². The molecule has 0 aliphatic carbocycles. The number of anilines is 1. The molecule has 2 aliphatic heterocycles. The van der Waals surface area contributed by atoms with Gasteiger partial charge in [-0.25, -0.2) is 0 Å². The summed E-state index contributed by atoms with van der Waals surface area (Å²) in [6, 6.07) is 16.0. The molecule has 1 unspecified atom stereocenters. The molecule has 1 atom stereocenters. The monoisotopic (exact) mass is 393 g/mol. The Balaban J connectivity index is 1.73. The average Bonchev–Trinajstić information content (AvgIpc) is 3.13. The number of benzene rings is 2. The number of rotatable bonds is 2. The minimum absolute atomic E-state index is 0.135. The summed E-state index contributed by atoms with van der Waals surface area (Å²) in [7, 11) is 0. The molecule has 6 nitrogen and oxygen atoms in total. The largest absolute Gasteiger partial charge is 0.378 e. The lowest BCUT2D eigenvalue weighted by molar-refractivity contribution is 0.122. The number of morpholine rings is 1. The molecule has 1 aromatic heterocycles. The molecule has 0 N–H and O–H groups in total. The summed E-state index contributed by atoms with van der Waals surface area (Å²) in [5, 5.41) is 9.71. The summed E-state index contributed by atoms with van der Waals surface area (Å²) < 4.78 is 7.63. The van der Waals surface area contributed by atoms with Gasteiger partial charge < -0.3 is 9.64 Å². The van der Waals surface area contributed by atoms with E-state index in [2.05, 4.69) is 38.7 Å². The van der Waals surface area contributed by atoms with E-state index in [0.717, 1.165) is 47.4 Å². The van der Waals surface area contributed by atoms with Crippen LogP contribution in [0.4, 0.5) is 5.95 Å². The van der Waals surface area contributed by atoms with E-state index in [1.807, 2.05) is 36.4 Å². The van der Waals surface area contributed by atoms with Gasteiger partial charge in [0.25, 0.3) is 0 Å². The number of aromatic nitrogens is 3. The Morgan fingerprint density at radius 3 is 2.61 bits per heavy atom. The molecule has 1 saturated heterocycles. The number of halogens is 1. The number of nitrogens with zero attached hydrogens (tertiary/aromatic N) is 5. The molecule has 5 rings (SSSR count). The molecule has 28 heavy (non-hydrogen) atoms. The summed E-state index contributed by atoms with van der Waals surface area (Å²) in [5.41, 5.74) is 3.96. The molecule has 2 aliphatic rings. The van der Waals surface area contributed by atoms with Gasteiger partial charge in [-0.2, -0.15) is 0 Å². The second-order valence-electron chi connectivity index (χ2n) is 6.97. The Morgan fingerprint density at radius 2 is 1.82 bits per heavy atom. The van der Waals surface area contributed by atoms with Crippen molar-refractivity contribution in [2.45, 2.75) is 13.0 Å². The van der Waals surface area contributed by atoms with Gasteiger partial charge >= 0.3 is 0 Å². The van der Waals surface area contributed by atoms with Crippen LogP contribution in [0.3, 0.4) is 0 Å². The number of hydrogen-bond acceptors (Lipinski definition) is 5. The standard InChI is InChI=1S/C21H20ClN5O/c1-14-20-24-25-21(26-9-11-28-12-10-26)27(20)18-8-7-16(22)13-17(18)19(23-14)15-5-3-2-4-6-15/h2-8,13-14H,9-12H2,1H3. The summed E-state index contributed by atoms with van der Waals surface area (Å²) in [5.74, 6) is 1.66. The molecule has 0 saturated carbocycles. The number of aliphatic imine (C=N–C) groups is 1. The lowest BCUT2D eigenvalue weighted by Gasteiger charge is -2.28. The topological polar surface area (TPSA) is 55.5 Å². The maximum absolute atomic E-state index is 6.39. The van der Waals surface area contributed by atoms with Crippen molar-refractivity contribution >= 4 is 23.3 Å². The summed E-state index contributed by atoms with van der Waals surface area (Å²) >= 11 is 6.39. The smallest absolute Gasteiger partial charge is 0.232 e. The highest BCUT2D eigenvalue weighted by Gasteiger charge is 2.29. The third-order valence-corrected chi connectivity index (χ3v) is 5.40. The molecule has 1 fully saturated rings. The van der Waals surface area contributed by atoms with E-state index >= 15 is 0 Å². The maximum atomic E-state index is 6.39. The average molecular weight is 394 g/mol. The van der Waals surface area contributed by atoms with E-state index in [-0.39, 0.29) is 6.04 Å². The zero-order valence-electron chi connectivity index (χ0n) is 15.5. The number of fused-ring (bicyclic) bond motifs is 3. The summed E-state index contributed by atoms with van der Waals surface area (Å²) in [4.78, 5) is 7.24. The zero-order valence-corrected chi connectivity index (χ0v) is 16.3. The van der Waals surface area contributed by atoms with Gasteiger partial charge in [-0.3, -0.25) is 9.56 Å².